The normalized spacial score (nSPS) is 17.3. The third-order valence-corrected chi connectivity index (χ3v) is 2.14. The second kappa shape index (κ2) is 4.80. The number of rotatable bonds is 4. The Morgan fingerprint density at radius 2 is 1.78 bits per heavy atom. The maximum atomic E-state index is 3.30. The van der Waals surface area contributed by atoms with Crippen LogP contribution < -0.4 is 5.32 Å². The minimum atomic E-state index is 0.718. The molecule has 0 rings (SSSR count). The second-order valence-corrected chi connectivity index (χ2v) is 2.69. The standard InChI is InChI=1S/C8H19N/c1-5-7(3)8(6-2)9-4/h7-9H,5-6H2,1-4H3/t7?,8-/m0/s1. The van der Waals surface area contributed by atoms with Gasteiger partial charge in [-0.3, -0.25) is 0 Å². The van der Waals surface area contributed by atoms with Crippen molar-refractivity contribution in [2.45, 2.75) is 39.7 Å². The topological polar surface area (TPSA) is 12.0 Å². The predicted octanol–water partition coefficient (Wildman–Crippen LogP) is 2.03. The van der Waals surface area contributed by atoms with Gasteiger partial charge in [-0.15, -0.1) is 0 Å². The molecule has 1 nitrogen and oxygen atoms in total. The van der Waals surface area contributed by atoms with Crippen molar-refractivity contribution in [3.05, 3.63) is 0 Å². The van der Waals surface area contributed by atoms with Crippen molar-refractivity contribution >= 4 is 0 Å². The van der Waals surface area contributed by atoms with Crippen molar-refractivity contribution in [1.29, 1.82) is 0 Å². The van der Waals surface area contributed by atoms with Gasteiger partial charge in [0, 0.05) is 6.04 Å². The first-order valence-corrected chi connectivity index (χ1v) is 3.93. The second-order valence-electron chi connectivity index (χ2n) is 2.69. The van der Waals surface area contributed by atoms with Crippen molar-refractivity contribution < 1.29 is 0 Å². The molecule has 0 amide bonds. The SMILES string of the molecule is CCC(C)[C@H](CC)NC. The van der Waals surface area contributed by atoms with Crippen LogP contribution in [0, 0.1) is 5.92 Å². The summed E-state index contributed by atoms with van der Waals surface area (Å²) in [4.78, 5) is 0. The van der Waals surface area contributed by atoms with Crippen LogP contribution in [0.1, 0.15) is 33.6 Å². The summed E-state index contributed by atoms with van der Waals surface area (Å²) in [7, 11) is 2.04. The lowest BCUT2D eigenvalue weighted by molar-refractivity contribution is 0.379. The molecule has 1 N–H and O–H groups in total. The molecule has 0 saturated heterocycles. The largest absolute Gasteiger partial charge is 0.317 e. The molecule has 9 heavy (non-hydrogen) atoms. The van der Waals surface area contributed by atoms with Crippen LogP contribution in [0.5, 0.6) is 0 Å². The van der Waals surface area contributed by atoms with E-state index in [4.69, 9.17) is 0 Å². The number of hydrogen-bond acceptors (Lipinski definition) is 1. The van der Waals surface area contributed by atoms with E-state index in [-0.39, 0.29) is 0 Å². The maximum absolute atomic E-state index is 3.30. The van der Waals surface area contributed by atoms with Crippen LogP contribution in [-0.4, -0.2) is 13.1 Å². The highest BCUT2D eigenvalue weighted by Crippen LogP contribution is 2.09. The average molecular weight is 129 g/mol. The summed E-state index contributed by atoms with van der Waals surface area (Å²) < 4.78 is 0. The first-order valence-electron chi connectivity index (χ1n) is 3.93. The van der Waals surface area contributed by atoms with Crippen molar-refractivity contribution in [3.8, 4) is 0 Å². The number of hydrogen-bond donors (Lipinski definition) is 1. The summed E-state index contributed by atoms with van der Waals surface area (Å²) in [6.45, 7) is 6.77. The molecule has 1 unspecified atom stereocenters. The third-order valence-electron chi connectivity index (χ3n) is 2.14. The third kappa shape index (κ3) is 2.85. The van der Waals surface area contributed by atoms with E-state index < -0.39 is 0 Å². The van der Waals surface area contributed by atoms with Crippen molar-refractivity contribution in [2.24, 2.45) is 5.92 Å². The predicted molar refractivity (Wildman–Crippen MR) is 42.6 cm³/mol. The highest BCUT2D eigenvalue weighted by Gasteiger charge is 2.09. The lowest BCUT2D eigenvalue weighted by atomic mass is 9.97. The fraction of sp³-hybridized carbons (Fsp3) is 1.00. The van der Waals surface area contributed by atoms with Crippen LogP contribution >= 0.6 is 0 Å². The molecule has 0 heterocycles. The van der Waals surface area contributed by atoms with Crippen molar-refractivity contribution in [2.75, 3.05) is 7.05 Å². The molecule has 0 aromatic rings. The Morgan fingerprint density at radius 1 is 1.22 bits per heavy atom. The lowest BCUT2D eigenvalue weighted by Gasteiger charge is -2.19. The molecule has 0 radical (unpaired) electrons. The molecule has 2 atom stereocenters. The summed E-state index contributed by atoms with van der Waals surface area (Å²) in [5, 5.41) is 3.30. The van der Waals surface area contributed by atoms with Gasteiger partial charge in [-0.05, 0) is 19.4 Å². The summed E-state index contributed by atoms with van der Waals surface area (Å²) in [5.74, 6) is 0.819. The molecule has 0 spiro atoms. The fourth-order valence-corrected chi connectivity index (χ4v) is 1.18. The zero-order chi connectivity index (χ0) is 7.28. The smallest absolute Gasteiger partial charge is 0.00869 e. The van der Waals surface area contributed by atoms with E-state index in [0.717, 1.165) is 12.0 Å². The van der Waals surface area contributed by atoms with Gasteiger partial charge in [0.05, 0.1) is 0 Å². The van der Waals surface area contributed by atoms with Crippen LogP contribution in [0.15, 0.2) is 0 Å². The Bertz CT molecular complexity index is 57.6. The van der Waals surface area contributed by atoms with E-state index >= 15 is 0 Å². The van der Waals surface area contributed by atoms with Gasteiger partial charge in [0.1, 0.15) is 0 Å². The summed E-state index contributed by atoms with van der Waals surface area (Å²) >= 11 is 0. The minimum absolute atomic E-state index is 0.718. The van der Waals surface area contributed by atoms with Crippen LogP contribution in [0.3, 0.4) is 0 Å². The van der Waals surface area contributed by atoms with Gasteiger partial charge < -0.3 is 5.32 Å². The van der Waals surface area contributed by atoms with E-state index in [2.05, 4.69) is 26.1 Å². The van der Waals surface area contributed by atoms with E-state index in [1.54, 1.807) is 0 Å². The highest BCUT2D eigenvalue weighted by atomic mass is 14.9. The highest BCUT2D eigenvalue weighted by molar-refractivity contribution is 4.67. The molecule has 0 bridgehead atoms. The molecule has 0 aliphatic heterocycles. The molecular weight excluding hydrogens is 110 g/mol. The van der Waals surface area contributed by atoms with Gasteiger partial charge in [-0.25, -0.2) is 0 Å². The van der Waals surface area contributed by atoms with Gasteiger partial charge >= 0.3 is 0 Å². The van der Waals surface area contributed by atoms with Crippen LogP contribution in [0.2, 0.25) is 0 Å². The van der Waals surface area contributed by atoms with Gasteiger partial charge in [-0.2, -0.15) is 0 Å². The monoisotopic (exact) mass is 129 g/mol. The zero-order valence-electron chi connectivity index (χ0n) is 7.07. The quantitative estimate of drug-likeness (QED) is 0.612. The van der Waals surface area contributed by atoms with Gasteiger partial charge in [-0.1, -0.05) is 27.2 Å². The summed E-state index contributed by atoms with van der Waals surface area (Å²) in [6, 6.07) is 0.718. The molecule has 0 aromatic carbocycles. The van der Waals surface area contributed by atoms with Crippen molar-refractivity contribution in [3.63, 3.8) is 0 Å². The van der Waals surface area contributed by atoms with E-state index in [1.807, 2.05) is 7.05 Å². The summed E-state index contributed by atoms with van der Waals surface area (Å²) in [5.41, 5.74) is 0. The Balaban J connectivity index is 3.50. The Morgan fingerprint density at radius 3 is 1.89 bits per heavy atom. The molecule has 0 saturated carbocycles. The first-order chi connectivity index (χ1) is 4.26. The molecule has 56 valence electrons. The molecule has 0 aromatic heterocycles. The fourth-order valence-electron chi connectivity index (χ4n) is 1.18. The van der Waals surface area contributed by atoms with Crippen molar-refractivity contribution in [1.82, 2.24) is 5.32 Å². The zero-order valence-corrected chi connectivity index (χ0v) is 7.07. The van der Waals surface area contributed by atoms with E-state index in [1.165, 1.54) is 12.8 Å². The van der Waals surface area contributed by atoms with Gasteiger partial charge in [0.15, 0.2) is 0 Å². The molecule has 1 heteroatoms. The lowest BCUT2D eigenvalue weighted by Crippen LogP contribution is -2.30. The Labute approximate surface area is 58.8 Å². The van der Waals surface area contributed by atoms with Gasteiger partial charge in [0.2, 0.25) is 0 Å². The van der Waals surface area contributed by atoms with E-state index in [9.17, 15) is 0 Å². The maximum Gasteiger partial charge on any atom is 0.00869 e. The first kappa shape index (κ1) is 8.96. The van der Waals surface area contributed by atoms with E-state index in [0.29, 0.717) is 0 Å². The van der Waals surface area contributed by atoms with Gasteiger partial charge in [0.25, 0.3) is 0 Å². The number of nitrogens with one attached hydrogen (secondary N) is 1. The summed E-state index contributed by atoms with van der Waals surface area (Å²) in [6.07, 6.45) is 2.52. The van der Waals surface area contributed by atoms with Crippen LogP contribution in [0.4, 0.5) is 0 Å². The minimum Gasteiger partial charge on any atom is -0.317 e. The Kier molecular flexibility index (Phi) is 4.78. The van der Waals surface area contributed by atoms with Crippen LogP contribution in [0.25, 0.3) is 0 Å². The van der Waals surface area contributed by atoms with Crippen LogP contribution in [-0.2, 0) is 0 Å². The molecule has 0 aliphatic carbocycles. The average Bonchev–Trinajstić information content (AvgIpc) is 1.90. The molecule has 0 fully saturated rings. The molecule has 0 aliphatic rings. The molecular formula is C8H19N. The Hall–Kier alpha value is -0.0400.